The molecule has 1 heterocycles. The third kappa shape index (κ3) is 11.6. The first-order chi connectivity index (χ1) is 22.3. The highest BCUT2D eigenvalue weighted by Crippen LogP contribution is 2.30. The van der Waals surface area contributed by atoms with Crippen LogP contribution in [-0.2, 0) is 25.5 Å². The molecular weight excluding hydrogens is 604 g/mol. The summed E-state index contributed by atoms with van der Waals surface area (Å²) in [6, 6.07) is 17.5. The van der Waals surface area contributed by atoms with E-state index in [1.807, 2.05) is 75.4 Å². The normalized spacial score (nSPS) is 13.8. The summed E-state index contributed by atoms with van der Waals surface area (Å²) >= 11 is 0. The molecule has 4 atom stereocenters. The summed E-state index contributed by atoms with van der Waals surface area (Å²) in [7, 11) is 2.99. The molecule has 47 heavy (non-hydrogen) atoms. The average molecular weight is 651 g/mol. The van der Waals surface area contributed by atoms with Crippen molar-refractivity contribution in [2.75, 3.05) is 20.8 Å². The maximum absolute atomic E-state index is 13.4. The fraction of sp³-hybridized carbons (Fsp3) is 0.444. The maximum atomic E-state index is 13.4. The second-order valence-electron chi connectivity index (χ2n) is 12.1. The molecular formula is C36H46N2O9. The van der Waals surface area contributed by atoms with Gasteiger partial charge < -0.3 is 33.7 Å². The standard InChI is InChI=1S/C36H46N2O9/c1-23(38-34(40)31-33(46-25(3)39)30(43-8)18-20-37-31)35(41)45-24(2)32(47-29-12-10-9-11-13-29)27(19-21-44-36(4,5)6)22-26-14-16-28(42-7)17-15-26/h9-18,20,23-24,27,32H,19,21-22H2,1-8H3,(H,38,40)/t23-,24-,27+,32-/m0/s1. The molecule has 1 amide bonds. The quantitative estimate of drug-likeness (QED) is 0.196. The fourth-order valence-electron chi connectivity index (χ4n) is 4.87. The van der Waals surface area contributed by atoms with Crippen molar-refractivity contribution in [3.05, 3.63) is 78.1 Å². The SMILES string of the molecule is COc1ccc(C[C@@H](CCOC(C)(C)C)[C@@H](Oc2ccccc2)[C@H](C)OC(=O)[C@H](C)NC(=O)c2nccc(OC)c2OC(C)=O)cc1. The van der Waals surface area contributed by atoms with Gasteiger partial charge in [-0.15, -0.1) is 0 Å². The topological polar surface area (TPSA) is 132 Å². The lowest BCUT2D eigenvalue weighted by molar-refractivity contribution is -0.156. The number of carbonyl (C=O) groups is 3. The summed E-state index contributed by atoms with van der Waals surface area (Å²) in [4.78, 5) is 42.3. The molecule has 0 unspecified atom stereocenters. The van der Waals surface area contributed by atoms with Crippen LogP contribution in [0.15, 0.2) is 66.9 Å². The van der Waals surface area contributed by atoms with E-state index in [0.717, 1.165) is 11.3 Å². The minimum absolute atomic E-state index is 0.133. The van der Waals surface area contributed by atoms with Gasteiger partial charge in [-0.3, -0.25) is 9.59 Å². The molecule has 0 aliphatic carbocycles. The molecule has 0 aliphatic rings. The minimum Gasteiger partial charge on any atom is -0.497 e. The first-order valence-electron chi connectivity index (χ1n) is 15.5. The number of hydrogen-bond donors (Lipinski definition) is 1. The molecule has 1 aromatic heterocycles. The van der Waals surface area contributed by atoms with Gasteiger partial charge in [-0.05, 0) is 77.3 Å². The van der Waals surface area contributed by atoms with Crippen molar-refractivity contribution in [1.82, 2.24) is 10.3 Å². The van der Waals surface area contributed by atoms with E-state index in [9.17, 15) is 14.4 Å². The molecule has 3 aromatic rings. The van der Waals surface area contributed by atoms with E-state index in [2.05, 4.69) is 10.3 Å². The van der Waals surface area contributed by atoms with Gasteiger partial charge in [0.2, 0.25) is 5.75 Å². The third-order valence-corrected chi connectivity index (χ3v) is 7.18. The largest absolute Gasteiger partial charge is 0.497 e. The number of ether oxygens (including phenoxy) is 6. The van der Waals surface area contributed by atoms with Gasteiger partial charge in [0.05, 0.1) is 19.8 Å². The van der Waals surface area contributed by atoms with Gasteiger partial charge in [-0.1, -0.05) is 30.3 Å². The molecule has 0 fully saturated rings. The summed E-state index contributed by atoms with van der Waals surface area (Å²) in [5, 5.41) is 2.59. The predicted molar refractivity (Wildman–Crippen MR) is 176 cm³/mol. The van der Waals surface area contributed by atoms with E-state index in [-0.39, 0.29) is 28.7 Å². The van der Waals surface area contributed by atoms with Crippen molar-refractivity contribution in [2.45, 2.75) is 78.2 Å². The lowest BCUT2D eigenvalue weighted by Crippen LogP contribution is -2.46. The highest BCUT2D eigenvalue weighted by atomic mass is 16.6. The fourth-order valence-corrected chi connectivity index (χ4v) is 4.87. The summed E-state index contributed by atoms with van der Waals surface area (Å²) in [6.45, 7) is 10.9. The molecule has 1 N–H and O–H groups in total. The Morgan fingerprint density at radius 3 is 2.17 bits per heavy atom. The zero-order valence-electron chi connectivity index (χ0n) is 28.4. The van der Waals surface area contributed by atoms with Crippen molar-refractivity contribution < 1.29 is 42.8 Å². The number of aromatic nitrogens is 1. The highest BCUT2D eigenvalue weighted by Gasteiger charge is 2.34. The molecule has 254 valence electrons. The molecule has 0 saturated heterocycles. The van der Waals surface area contributed by atoms with Crippen molar-refractivity contribution in [2.24, 2.45) is 5.92 Å². The van der Waals surface area contributed by atoms with E-state index >= 15 is 0 Å². The Labute approximate surface area is 276 Å². The summed E-state index contributed by atoms with van der Waals surface area (Å²) in [6.07, 6.45) is 1.26. The number of rotatable bonds is 16. The third-order valence-electron chi connectivity index (χ3n) is 7.18. The van der Waals surface area contributed by atoms with Crippen molar-refractivity contribution >= 4 is 17.8 Å². The summed E-state index contributed by atoms with van der Waals surface area (Å²) in [5.74, 6) is -0.850. The van der Waals surface area contributed by atoms with E-state index in [1.165, 1.54) is 33.2 Å². The second-order valence-corrected chi connectivity index (χ2v) is 12.1. The van der Waals surface area contributed by atoms with E-state index < -0.39 is 36.1 Å². The number of benzene rings is 2. The van der Waals surface area contributed by atoms with Crippen LogP contribution in [0.4, 0.5) is 0 Å². The molecule has 3 rings (SSSR count). The molecule has 11 heteroatoms. The number of hydrogen-bond acceptors (Lipinski definition) is 10. The van der Waals surface area contributed by atoms with Gasteiger partial charge in [0.15, 0.2) is 11.4 Å². The van der Waals surface area contributed by atoms with Crippen LogP contribution in [0.3, 0.4) is 0 Å². The van der Waals surface area contributed by atoms with Crippen LogP contribution in [0, 0.1) is 5.92 Å². The van der Waals surface area contributed by atoms with E-state index in [1.54, 1.807) is 14.0 Å². The van der Waals surface area contributed by atoms with E-state index in [0.29, 0.717) is 25.2 Å². The number of carbonyl (C=O) groups excluding carboxylic acids is 3. The zero-order chi connectivity index (χ0) is 34.6. The van der Waals surface area contributed by atoms with Gasteiger partial charge >= 0.3 is 11.9 Å². The molecule has 0 aliphatic heterocycles. The molecule has 2 aromatic carbocycles. The first-order valence-corrected chi connectivity index (χ1v) is 15.5. The average Bonchev–Trinajstić information content (AvgIpc) is 3.03. The number of pyridine rings is 1. The van der Waals surface area contributed by atoms with Gasteiger partial charge in [-0.25, -0.2) is 9.78 Å². The van der Waals surface area contributed by atoms with Crippen molar-refractivity contribution in [3.8, 4) is 23.0 Å². The summed E-state index contributed by atoms with van der Waals surface area (Å²) < 4.78 is 34.3. The van der Waals surface area contributed by atoms with Crippen LogP contribution >= 0.6 is 0 Å². The highest BCUT2D eigenvalue weighted by molar-refractivity contribution is 5.98. The lowest BCUT2D eigenvalue weighted by atomic mass is 9.88. The Morgan fingerprint density at radius 1 is 0.894 bits per heavy atom. The summed E-state index contributed by atoms with van der Waals surface area (Å²) in [5.41, 5.74) is 0.511. The smallest absolute Gasteiger partial charge is 0.328 e. The number of nitrogens with one attached hydrogen (secondary N) is 1. The van der Waals surface area contributed by atoms with Gasteiger partial charge in [0.25, 0.3) is 5.91 Å². The Balaban J connectivity index is 1.84. The van der Waals surface area contributed by atoms with Gasteiger partial charge in [0.1, 0.15) is 29.7 Å². The predicted octanol–water partition coefficient (Wildman–Crippen LogP) is 5.59. The molecule has 0 saturated carbocycles. The molecule has 0 radical (unpaired) electrons. The second kappa shape index (κ2) is 17.3. The Hall–Kier alpha value is -4.64. The van der Waals surface area contributed by atoms with Crippen LogP contribution in [0.1, 0.15) is 64.0 Å². The van der Waals surface area contributed by atoms with Gasteiger partial charge in [0, 0.05) is 31.7 Å². The van der Waals surface area contributed by atoms with E-state index in [4.69, 9.17) is 28.4 Å². The maximum Gasteiger partial charge on any atom is 0.328 e. The Morgan fingerprint density at radius 2 is 1.57 bits per heavy atom. The molecule has 11 nitrogen and oxygen atoms in total. The number of para-hydroxylation sites is 1. The Kier molecular flexibility index (Phi) is 13.6. The van der Waals surface area contributed by atoms with Crippen LogP contribution in [0.2, 0.25) is 0 Å². The van der Waals surface area contributed by atoms with Crippen LogP contribution in [0.5, 0.6) is 23.0 Å². The van der Waals surface area contributed by atoms with Crippen molar-refractivity contribution in [3.63, 3.8) is 0 Å². The number of amides is 1. The zero-order valence-corrected chi connectivity index (χ0v) is 28.4. The minimum atomic E-state index is -1.08. The van der Waals surface area contributed by atoms with Crippen LogP contribution in [-0.4, -0.2) is 67.5 Å². The van der Waals surface area contributed by atoms with Gasteiger partial charge in [-0.2, -0.15) is 0 Å². The lowest BCUT2D eigenvalue weighted by Gasteiger charge is -2.33. The monoisotopic (exact) mass is 650 g/mol. The number of methoxy groups -OCH3 is 2. The first kappa shape index (κ1) is 36.8. The van der Waals surface area contributed by atoms with Crippen molar-refractivity contribution in [1.29, 1.82) is 0 Å². The number of esters is 2. The van der Waals surface area contributed by atoms with Crippen LogP contribution in [0.25, 0.3) is 0 Å². The number of nitrogens with zero attached hydrogens (tertiary/aromatic N) is 1. The van der Waals surface area contributed by atoms with Crippen LogP contribution < -0.4 is 24.3 Å². The Bertz CT molecular complexity index is 1460. The molecule has 0 spiro atoms. The molecule has 0 bridgehead atoms.